The molecule has 1 saturated heterocycles. The van der Waals surface area contributed by atoms with E-state index in [9.17, 15) is 9.59 Å². The van der Waals surface area contributed by atoms with Crippen LogP contribution < -0.4 is 16.2 Å². The number of esters is 1. The molecule has 3 atom stereocenters. The molecular weight excluding hydrogens is 306 g/mol. The average Bonchev–Trinajstić information content (AvgIpc) is 3.01. The molecule has 7 heteroatoms. The van der Waals surface area contributed by atoms with Gasteiger partial charge in [0.05, 0.1) is 25.0 Å². The fourth-order valence-corrected chi connectivity index (χ4v) is 2.69. The quantitative estimate of drug-likeness (QED) is 0.705. The van der Waals surface area contributed by atoms with Gasteiger partial charge in [-0.1, -0.05) is 36.7 Å². The van der Waals surface area contributed by atoms with Crippen molar-refractivity contribution in [3.8, 4) is 0 Å². The van der Waals surface area contributed by atoms with Gasteiger partial charge in [0.1, 0.15) is 0 Å². The number of hydrazine groups is 1. The summed E-state index contributed by atoms with van der Waals surface area (Å²) in [7, 11) is 1.33. The fourth-order valence-electron chi connectivity index (χ4n) is 2.43. The predicted octanol–water partition coefficient (Wildman–Crippen LogP) is 1.03. The molecule has 3 unspecified atom stereocenters. The van der Waals surface area contributed by atoms with Crippen molar-refractivity contribution in [2.45, 2.75) is 13.0 Å². The van der Waals surface area contributed by atoms with Crippen LogP contribution in [0.4, 0.5) is 0 Å². The van der Waals surface area contributed by atoms with Crippen molar-refractivity contribution in [3.05, 3.63) is 34.9 Å². The van der Waals surface area contributed by atoms with Gasteiger partial charge in [0, 0.05) is 18.1 Å². The molecule has 1 fully saturated rings. The first-order valence-corrected chi connectivity index (χ1v) is 7.50. The Hall–Kier alpha value is -1.63. The summed E-state index contributed by atoms with van der Waals surface area (Å²) < 4.78 is 4.64. The molecule has 22 heavy (non-hydrogen) atoms. The lowest BCUT2D eigenvalue weighted by Crippen LogP contribution is -2.38. The molecular formula is C15H20ClN3O3. The Labute approximate surface area is 134 Å². The summed E-state index contributed by atoms with van der Waals surface area (Å²) in [6.07, 6.45) is 0. The Kier molecular flexibility index (Phi) is 5.76. The van der Waals surface area contributed by atoms with Crippen LogP contribution in [-0.2, 0) is 14.3 Å². The van der Waals surface area contributed by atoms with Crippen LogP contribution >= 0.6 is 11.6 Å². The molecule has 0 aromatic heterocycles. The number of nitrogens with one attached hydrogen (secondary N) is 3. The number of methoxy groups -OCH3 is 1. The van der Waals surface area contributed by atoms with E-state index in [0.717, 1.165) is 5.56 Å². The molecule has 2 rings (SSSR count). The highest BCUT2D eigenvalue weighted by Gasteiger charge is 2.35. The van der Waals surface area contributed by atoms with Crippen molar-refractivity contribution in [3.63, 3.8) is 0 Å². The average molecular weight is 326 g/mol. The third-order valence-electron chi connectivity index (χ3n) is 3.74. The molecule has 6 nitrogen and oxygen atoms in total. The lowest BCUT2D eigenvalue weighted by atomic mass is 9.94. The summed E-state index contributed by atoms with van der Waals surface area (Å²) in [5.41, 5.74) is 6.94. The number of halogens is 1. The standard InChI is InChI=1S/C15H20ClN3O3/c1-9(15(21)22-2)7-17-14(20)11-8-18-19-13(11)10-5-3-4-6-12(10)16/h3-6,9,11,13,18-19H,7-8H2,1-2H3,(H,17,20). The van der Waals surface area contributed by atoms with Crippen LogP contribution in [0.3, 0.4) is 0 Å². The van der Waals surface area contributed by atoms with E-state index < -0.39 is 0 Å². The summed E-state index contributed by atoms with van der Waals surface area (Å²) in [5.74, 6) is -1.15. The number of carbonyl (C=O) groups is 2. The maximum absolute atomic E-state index is 12.4. The Balaban J connectivity index is 2.00. The SMILES string of the molecule is COC(=O)C(C)CNC(=O)C1CNNC1c1ccccc1Cl. The smallest absolute Gasteiger partial charge is 0.310 e. The molecule has 1 aliphatic heterocycles. The van der Waals surface area contributed by atoms with Crippen molar-refractivity contribution < 1.29 is 14.3 Å². The molecule has 1 heterocycles. The van der Waals surface area contributed by atoms with E-state index >= 15 is 0 Å². The van der Waals surface area contributed by atoms with Crippen molar-refractivity contribution in [2.75, 3.05) is 20.2 Å². The molecule has 0 saturated carbocycles. The largest absolute Gasteiger partial charge is 0.469 e. The number of hydrogen-bond donors (Lipinski definition) is 3. The lowest BCUT2D eigenvalue weighted by molar-refractivity contribution is -0.144. The third-order valence-corrected chi connectivity index (χ3v) is 4.09. The Bertz CT molecular complexity index is 553. The van der Waals surface area contributed by atoms with E-state index in [4.69, 9.17) is 11.6 Å². The Morgan fingerprint density at radius 1 is 1.45 bits per heavy atom. The van der Waals surface area contributed by atoms with Crippen molar-refractivity contribution in [1.29, 1.82) is 0 Å². The number of ether oxygens (including phenoxy) is 1. The van der Waals surface area contributed by atoms with E-state index in [1.807, 2.05) is 18.2 Å². The Morgan fingerprint density at radius 2 is 2.18 bits per heavy atom. The number of hydrogen-bond acceptors (Lipinski definition) is 5. The third kappa shape index (κ3) is 3.76. The normalized spacial score (nSPS) is 22.1. The van der Waals surface area contributed by atoms with Gasteiger partial charge in [0.25, 0.3) is 0 Å². The molecule has 0 radical (unpaired) electrons. The van der Waals surface area contributed by atoms with Crippen LogP contribution in [0.25, 0.3) is 0 Å². The van der Waals surface area contributed by atoms with E-state index in [1.165, 1.54) is 7.11 Å². The second kappa shape index (κ2) is 7.58. The van der Waals surface area contributed by atoms with E-state index in [0.29, 0.717) is 11.6 Å². The predicted molar refractivity (Wildman–Crippen MR) is 83.0 cm³/mol. The van der Waals surface area contributed by atoms with Crippen molar-refractivity contribution >= 4 is 23.5 Å². The second-order valence-electron chi connectivity index (χ2n) is 5.30. The molecule has 0 spiro atoms. The van der Waals surface area contributed by atoms with Crippen LogP contribution in [0.5, 0.6) is 0 Å². The zero-order valence-electron chi connectivity index (χ0n) is 12.6. The van der Waals surface area contributed by atoms with Crippen molar-refractivity contribution in [2.24, 2.45) is 11.8 Å². The lowest BCUT2D eigenvalue weighted by Gasteiger charge is -2.20. The second-order valence-corrected chi connectivity index (χ2v) is 5.71. The van der Waals surface area contributed by atoms with Crippen LogP contribution in [0.1, 0.15) is 18.5 Å². The Morgan fingerprint density at radius 3 is 2.86 bits per heavy atom. The maximum atomic E-state index is 12.4. The van der Waals surface area contributed by atoms with E-state index in [2.05, 4.69) is 20.9 Å². The first kappa shape index (κ1) is 16.7. The highest BCUT2D eigenvalue weighted by molar-refractivity contribution is 6.31. The molecule has 1 amide bonds. The van der Waals surface area contributed by atoms with Gasteiger partial charge in [-0.2, -0.15) is 0 Å². The summed E-state index contributed by atoms with van der Waals surface area (Å²) in [6.45, 7) is 2.45. The van der Waals surface area contributed by atoms with Gasteiger partial charge in [-0.25, -0.2) is 5.43 Å². The minimum Gasteiger partial charge on any atom is -0.469 e. The number of amides is 1. The molecule has 3 N–H and O–H groups in total. The van der Waals surface area contributed by atoms with Gasteiger partial charge >= 0.3 is 5.97 Å². The van der Waals surface area contributed by atoms with Gasteiger partial charge < -0.3 is 10.1 Å². The zero-order chi connectivity index (χ0) is 16.1. The maximum Gasteiger partial charge on any atom is 0.310 e. The molecule has 0 aliphatic carbocycles. The van der Waals surface area contributed by atoms with E-state index in [1.54, 1.807) is 13.0 Å². The monoisotopic (exact) mass is 325 g/mol. The van der Waals surface area contributed by atoms with Gasteiger partial charge in [0.2, 0.25) is 5.91 Å². The van der Waals surface area contributed by atoms with Gasteiger partial charge in [-0.3, -0.25) is 15.0 Å². The molecule has 1 aromatic carbocycles. The van der Waals surface area contributed by atoms with Crippen LogP contribution in [0.15, 0.2) is 24.3 Å². The number of carbonyl (C=O) groups excluding carboxylic acids is 2. The first-order chi connectivity index (χ1) is 10.5. The first-order valence-electron chi connectivity index (χ1n) is 7.13. The number of benzene rings is 1. The summed E-state index contributed by atoms with van der Waals surface area (Å²) in [5, 5.41) is 3.41. The van der Waals surface area contributed by atoms with Gasteiger partial charge in [-0.05, 0) is 11.6 Å². The zero-order valence-corrected chi connectivity index (χ0v) is 13.3. The topological polar surface area (TPSA) is 79.5 Å². The molecule has 120 valence electrons. The summed E-state index contributed by atoms with van der Waals surface area (Å²) in [6, 6.07) is 7.22. The van der Waals surface area contributed by atoms with Crippen molar-refractivity contribution in [1.82, 2.24) is 16.2 Å². The summed E-state index contributed by atoms with van der Waals surface area (Å²) in [4.78, 5) is 23.7. The minimum absolute atomic E-state index is 0.127. The van der Waals surface area contributed by atoms with Crippen LogP contribution in [-0.4, -0.2) is 32.1 Å². The fraction of sp³-hybridized carbons (Fsp3) is 0.467. The van der Waals surface area contributed by atoms with Gasteiger partial charge in [0.15, 0.2) is 0 Å². The molecule has 1 aliphatic rings. The van der Waals surface area contributed by atoms with Crippen LogP contribution in [0, 0.1) is 11.8 Å². The highest BCUT2D eigenvalue weighted by Crippen LogP contribution is 2.30. The van der Waals surface area contributed by atoms with Gasteiger partial charge in [-0.15, -0.1) is 0 Å². The molecule has 0 bridgehead atoms. The van der Waals surface area contributed by atoms with Crippen LogP contribution in [0.2, 0.25) is 5.02 Å². The van der Waals surface area contributed by atoms with E-state index in [-0.39, 0.29) is 36.3 Å². The summed E-state index contributed by atoms with van der Waals surface area (Å²) >= 11 is 6.20. The highest BCUT2D eigenvalue weighted by atomic mass is 35.5. The molecule has 1 aromatic rings. The minimum atomic E-state index is -0.380. The number of rotatable bonds is 5.